The minimum Gasteiger partial charge on any atom is -0.484 e. The number of carbonyl (C=O) groups excluding carboxylic acids is 1. The number of hydrogen-bond acceptors (Lipinski definition) is 6. The van der Waals surface area contributed by atoms with Crippen molar-refractivity contribution >= 4 is 23.5 Å². The molecule has 0 bridgehead atoms. The van der Waals surface area contributed by atoms with Crippen LogP contribution in [0.4, 0.5) is 5.82 Å². The van der Waals surface area contributed by atoms with E-state index < -0.39 is 5.91 Å². The summed E-state index contributed by atoms with van der Waals surface area (Å²) >= 11 is 1.76. The number of aromatic nitrogens is 1. The molecule has 122 valence electrons. The first-order valence-electron chi connectivity index (χ1n) is 7.36. The number of rotatable bonds is 4. The second-order valence-corrected chi connectivity index (χ2v) is 6.79. The van der Waals surface area contributed by atoms with Gasteiger partial charge < -0.3 is 16.2 Å². The summed E-state index contributed by atoms with van der Waals surface area (Å²) in [4.78, 5) is 15.3. The molecule has 1 aromatic heterocycles. The Labute approximate surface area is 143 Å². The number of ether oxygens (including phenoxy) is 1. The Kier molecular flexibility index (Phi) is 4.32. The molecule has 2 aromatic rings. The number of nitrogens with zero attached hydrogens (tertiary/aromatic N) is 2. The molecule has 0 saturated carbocycles. The highest BCUT2D eigenvalue weighted by atomic mass is 32.2. The second-order valence-electron chi connectivity index (χ2n) is 5.46. The summed E-state index contributed by atoms with van der Waals surface area (Å²) in [5.74, 6) is 0.986. The van der Waals surface area contributed by atoms with Crippen molar-refractivity contribution < 1.29 is 9.53 Å². The number of fused-ring (bicyclic) bond motifs is 1. The molecule has 1 aliphatic heterocycles. The maximum atomic E-state index is 10.9. The Morgan fingerprint density at radius 1 is 1.54 bits per heavy atom. The molecule has 1 atom stereocenters. The summed E-state index contributed by atoms with van der Waals surface area (Å²) in [6, 6.07) is 9.38. The fourth-order valence-corrected chi connectivity index (χ4v) is 3.82. The molecule has 1 unspecified atom stereocenters. The third kappa shape index (κ3) is 2.88. The van der Waals surface area contributed by atoms with Crippen molar-refractivity contribution in [1.82, 2.24) is 4.98 Å². The van der Waals surface area contributed by atoms with Crippen LogP contribution in [0.15, 0.2) is 24.3 Å². The molecule has 24 heavy (non-hydrogen) atoms. The topological polar surface area (TPSA) is 115 Å². The summed E-state index contributed by atoms with van der Waals surface area (Å²) in [6.07, 6.45) is 0. The zero-order valence-electron chi connectivity index (χ0n) is 13.1. The van der Waals surface area contributed by atoms with Crippen LogP contribution in [0.2, 0.25) is 0 Å². The van der Waals surface area contributed by atoms with Gasteiger partial charge in [-0.15, -0.1) is 11.8 Å². The third-order valence-corrected chi connectivity index (χ3v) is 5.01. The first-order valence-corrected chi connectivity index (χ1v) is 8.41. The van der Waals surface area contributed by atoms with Crippen molar-refractivity contribution in [2.24, 2.45) is 5.73 Å². The number of benzene rings is 1. The largest absolute Gasteiger partial charge is 0.484 e. The van der Waals surface area contributed by atoms with Gasteiger partial charge in [0.2, 0.25) is 0 Å². The molecule has 0 aliphatic carbocycles. The van der Waals surface area contributed by atoms with Crippen molar-refractivity contribution in [3.05, 3.63) is 41.1 Å². The molecule has 6 nitrogen and oxygen atoms in total. The van der Waals surface area contributed by atoms with Crippen molar-refractivity contribution in [2.45, 2.75) is 17.9 Å². The van der Waals surface area contributed by atoms with E-state index in [4.69, 9.17) is 16.2 Å². The lowest BCUT2D eigenvalue weighted by molar-refractivity contribution is -0.119. The minimum atomic E-state index is -0.544. The third-order valence-electron chi connectivity index (χ3n) is 3.84. The number of nitrogen functional groups attached to an aromatic ring is 1. The van der Waals surface area contributed by atoms with E-state index in [2.05, 4.69) is 18.0 Å². The number of hydrogen-bond donors (Lipinski definition) is 2. The monoisotopic (exact) mass is 340 g/mol. The van der Waals surface area contributed by atoms with Crippen LogP contribution >= 0.6 is 11.8 Å². The molecule has 0 spiro atoms. The van der Waals surface area contributed by atoms with E-state index in [0.29, 0.717) is 11.3 Å². The highest BCUT2D eigenvalue weighted by Gasteiger charge is 2.28. The van der Waals surface area contributed by atoms with Gasteiger partial charge in [0.25, 0.3) is 5.91 Å². The summed E-state index contributed by atoms with van der Waals surface area (Å²) in [7, 11) is 0. The summed E-state index contributed by atoms with van der Waals surface area (Å²) < 4.78 is 5.36. The van der Waals surface area contributed by atoms with Gasteiger partial charge >= 0.3 is 0 Å². The predicted octanol–water partition coefficient (Wildman–Crippen LogP) is 2.37. The van der Waals surface area contributed by atoms with Crippen LogP contribution < -0.4 is 16.2 Å². The zero-order chi connectivity index (χ0) is 17.3. The average Bonchev–Trinajstić information content (AvgIpc) is 2.92. The molecule has 7 heteroatoms. The van der Waals surface area contributed by atoms with Crippen molar-refractivity contribution in [3.8, 4) is 22.9 Å². The fourth-order valence-electron chi connectivity index (χ4n) is 2.76. The number of primary amides is 1. The van der Waals surface area contributed by atoms with Crippen LogP contribution in [0.25, 0.3) is 11.1 Å². The quantitative estimate of drug-likeness (QED) is 0.883. The molecule has 3 rings (SSSR count). The van der Waals surface area contributed by atoms with E-state index >= 15 is 0 Å². The summed E-state index contributed by atoms with van der Waals surface area (Å²) in [6.45, 7) is 1.88. The number of amides is 1. The van der Waals surface area contributed by atoms with Crippen LogP contribution in [0.5, 0.6) is 5.75 Å². The van der Waals surface area contributed by atoms with Gasteiger partial charge in [-0.25, -0.2) is 4.98 Å². The predicted molar refractivity (Wildman–Crippen MR) is 93.2 cm³/mol. The molecule has 4 N–H and O–H groups in total. The number of pyridine rings is 1. The highest BCUT2D eigenvalue weighted by Crippen LogP contribution is 2.46. The van der Waals surface area contributed by atoms with E-state index in [0.717, 1.165) is 28.1 Å². The number of nitrogens with two attached hydrogens (primary N) is 2. The minimum absolute atomic E-state index is 0.196. The number of nitriles is 1. The lowest BCUT2D eigenvalue weighted by Gasteiger charge is -2.14. The van der Waals surface area contributed by atoms with E-state index in [1.165, 1.54) is 0 Å². The van der Waals surface area contributed by atoms with Gasteiger partial charge in [-0.2, -0.15) is 5.26 Å². The second kappa shape index (κ2) is 6.42. The molecule has 0 saturated heterocycles. The van der Waals surface area contributed by atoms with Crippen LogP contribution in [0.1, 0.15) is 29.0 Å². The van der Waals surface area contributed by atoms with E-state index in [-0.39, 0.29) is 17.7 Å². The van der Waals surface area contributed by atoms with E-state index in [1.54, 1.807) is 30.0 Å². The lowest BCUT2D eigenvalue weighted by atomic mass is 9.94. The van der Waals surface area contributed by atoms with Gasteiger partial charge in [0.15, 0.2) is 6.61 Å². The maximum Gasteiger partial charge on any atom is 0.255 e. The van der Waals surface area contributed by atoms with Gasteiger partial charge in [0, 0.05) is 16.6 Å². The Bertz CT molecular complexity index is 860. The van der Waals surface area contributed by atoms with Gasteiger partial charge in [0.05, 0.1) is 5.69 Å². The molecule has 2 heterocycles. The molecule has 1 aliphatic rings. The SMILES string of the molecule is CC1SCc2c1nc(N)c(C#N)c2-c1cccc(OCC(N)=O)c1. The molecular weight excluding hydrogens is 324 g/mol. The Hall–Kier alpha value is -2.72. The summed E-state index contributed by atoms with van der Waals surface area (Å²) in [5, 5.41) is 9.77. The number of thioether (sulfide) groups is 1. The normalized spacial score (nSPS) is 15.6. The lowest BCUT2D eigenvalue weighted by Crippen LogP contribution is -2.20. The van der Waals surface area contributed by atoms with Crippen LogP contribution in [-0.4, -0.2) is 17.5 Å². The number of anilines is 1. The molecule has 0 fully saturated rings. The number of carbonyl (C=O) groups is 1. The highest BCUT2D eigenvalue weighted by molar-refractivity contribution is 7.99. The summed E-state index contributed by atoms with van der Waals surface area (Å²) in [5.41, 5.74) is 15.1. The Morgan fingerprint density at radius 2 is 2.33 bits per heavy atom. The fraction of sp³-hybridized carbons (Fsp3) is 0.235. The average molecular weight is 340 g/mol. The standard InChI is InChI=1S/C17H16N4O2S/c1-9-16-13(8-24-9)15(12(6-18)17(20)21-16)10-3-2-4-11(5-10)23-7-14(19)22/h2-5,9H,7-8H2,1H3,(H2,19,22)(H2,20,21). The molecule has 1 aromatic carbocycles. The van der Waals surface area contributed by atoms with E-state index in [9.17, 15) is 10.1 Å². The first kappa shape index (κ1) is 16.1. The first-order chi connectivity index (χ1) is 11.5. The van der Waals surface area contributed by atoms with Crippen LogP contribution in [-0.2, 0) is 10.5 Å². The Morgan fingerprint density at radius 3 is 3.04 bits per heavy atom. The molecular formula is C17H16N4O2S. The van der Waals surface area contributed by atoms with Gasteiger partial charge in [0.1, 0.15) is 23.2 Å². The van der Waals surface area contributed by atoms with Gasteiger partial charge in [-0.05, 0) is 30.2 Å². The zero-order valence-corrected chi connectivity index (χ0v) is 13.9. The maximum absolute atomic E-state index is 10.9. The smallest absolute Gasteiger partial charge is 0.255 e. The molecule has 0 radical (unpaired) electrons. The van der Waals surface area contributed by atoms with Crippen LogP contribution in [0.3, 0.4) is 0 Å². The van der Waals surface area contributed by atoms with Crippen molar-refractivity contribution in [1.29, 1.82) is 5.26 Å². The van der Waals surface area contributed by atoms with Crippen LogP contribution in [0, 0.1) is 11.3 Å². The van der Waals surface area contributed by atoms with Crippen molar-refractivity contribution in [3.63, 3.8) is 0 Å². The van der Waals surface area contributed by atoms with Gasteiger partial charge in [-0.3, -0.25) is 4.79 Å². The van der Waals surface area contributed by atoms with E-state index in [1.807, 2.05) is 6.07 Å². The van der Waals surface area contributed by atoms with Crippen molar-refractivity contribution in [2.75, 3.05) is 12.3 Å². The Balaban J connectivity index is 2.13. The molecule has 1 amide bonds. The van der Waals surface area contributed by atoms with Gasteiger partial charge in [-0.1, -0.05) is 12.1 Å².